The molecule has 6 heteroatoms. The van der Waals surface area contributed by atoms with Gasteiger partial charge < -0.3 is 10.1 Å². The van der Waals surface area contributed by atoms with Gasteiger partial charge >= 0.3 is 0 Å². The van der Waals surface area contributed by atoms with Crippen LogP contribution in [0.2, 0.25) is 0 Å². The number of ether oxygens (including phenoxy) is 1. The first-order valence-electron chi connectivity index (χ1n) is 9.56. The predicted octanol–water partition coefficient (Wildman–Crippen LogP) is 5.21. The molecule has 4 aromatic rings. The van der Waals surface area contributed by atoms with Crippen molar-refractivity contribution < 1.29 is 4.74 Å². The van der Waals surface area contributed by atoms with Gasteiger partial charge in [-0.05, 0) is 36.1 Å². The maximum absolute atomic E-state index is 6.59. The molecule has 0 amide bonds. The molecule has 2 atom stereocenters. The number of aryl methyl sites for hydroxylation is 1. The van der Waals surface area contributed by atoms with Gasteiger partial charge in [-0.25, -0.2) is 4.68 Å². The van der Waals surface area contributed by atoms with Crippen LogP contribution in [0.5, 0.6) is 5.75 Å². The van der Waals surface area contributed by atoms with Gasteiger partial charge in [0.1, 0.15) is 24.2 Å². The van der Waals surface area contributed by atoms with Crippen molar-refractivity contribution in [3.8, 4) is 5.75 Å². The number of hydrogen-bond acceptors (Lipinski definition) is 5. The van der Waals surface area contributed by atoms with E-state index in [9.17, 15) is 0 Å². The van der Waals surface area contributed by atoms with E-state index in [4.69, 9.17) is 4.74 Å². The number of nitrogens with zero attached hydrogens (tertiary/aromatic N) is 3. The molecule has 0 bridgehead atoms. The number of thiophene rings is 1. The van der Waals surface area contributed by atoms with Crippen LogP contribution in [0.25, 0.3) is 5.70 Å². The highest BCUT2D eigenvalue weighted by Gasteiger charge is 2.41. The summed E-state index contributed by atoms with van der Waals surface area (Å²) in [6.45, 7) is 2.10. The van der Waals surface area contributed by atoms with Gasteiger partial charge in [-0.2, -0.15) is 10.1 Å². The van der Waals surface area contributed by atoms with E-state index in [1.165, 1.54) is 10.4 Å². The van der Waals surface area contributed by atoms with Crippen LogP contribution >= 0.6 is 11.3 Å². The van der Waals surface area contributed by atoms with Gasteiger partial charge in [-0.1, -0.05) is 48.0 Å². The topological polar surface area (TPSA) is 52.0 Å². The van der Waals surface area contributed by atoms with E-state index in [0.29, 0.717) is 0 Å². The van der Waals surface area contributed by atoms with Gasteiger partial charge in [0.25, 0.3) is 0 Å². The summed E-state index contributed by atoms with van der Waals surface area (Å²) in [5.74, 6) is 1.63. The lowest BCUT2D eigenvalue weighted by Crippen LogP contribution is -2.32. The first-order chi connectivity index (χ1) is 14.3. The molecule has 0 saturated carbocycles. The Labute approximate surface area is 172 Å². The van der Waals surface area contributed by atoms with Crippen molar-refractivity contribution in [3.63, 3.8) is 0 Å². The molecule has 0 unspecified atom stereocenters. The summed E-state index contributed by atoms with van der Waals surface area (Å²) < 4.78 is 8.55. The molecule has 2 aliphatic heterocycles. The predicted molar refractivity (Wildman–Crippen MR) is 114 cm³/mol. The molecular formula is C23H18N4OS. The normalized spacial score (nSPS) is 19.6. The largest absolute Gasteiger partial charge is 0.480 e. The number of rotatable bonds is 2. The number of aromatic nitrogens is 3. The second-order valence-electron chi connectivity index (χ2n) is 7.31. The van der Waals surface area contributed by atoms with Crippen LogP contribution in [-0.2, 0) is 0 Å². The number of anilines is 1. The zero-order valence-electron chi connectivity index (χ0n) is 15.7. The standard InChI is InChI=1S/C23H18N4OS/c1-14-8-10-15(11-9-14)22-19-20(16-5-2-3-6-17(16)28-22)26-23-24-13-25-27(23)21(19)18-7-4-12-29-18/h2-13,21-22H,1H3,(H,24,25,26)/t21-,22+/m1/s1. The summed E-state index contributed by atoms with van der Waals surface area (Å²) in [6.07, 6.45) is 1.40. The summed E-state index contributed by atoms with van der Waals surface area (Å²) in [5.41, 5.74) is 5.64. The number of hydrogen-bond donors (Lipinski definition) is 1. The van der Waals surface area contributed by atoms with E-state index in [1.54, 1.807) is 17.7 Å². The van der Waals surface area contributed by atoms with Crippen molar-refractivity contribution >= 4 is 23.0 Å². The van der Waals surface area contributed by atoms with Crippen LogP contribution in [0, 0.1) is 6.92 Å². The van der Waals surface area contributed by atoms with E-state index in [0.717, 1.165) is 34.1 Å². The first kappa shape index (κ1) is 16.6. The maximum atomic E-state index is 6.59. The van der Waals surface area contributed by atoms with Crippen molar-refractivity contribution in [3.05, 3.63) is 99.5 Å². The molecule has 6 rings (SSSR count). The third-order valence-electron chi connectivity index (χ3n) is 5.51. The molecule has 0 spiro atoms. The lowest BCUT2D eigenvalue weighted by molar-refractivity contribution is 0.223. The van der Waals surface area contributed by atoms with E-state index in [-0.39, 0.29) is 12.1 Å². The Morgan fingerprint density at radius 2 is 1.90 bits per heavy atom. The third kappa shape index (κ3) is 2.53. The Bertz CT molecular complexity index is 1220. The lowest BCUT2D eigenvalue weighted by Gasteiger charge is -2.38. The molecule has 2 aromatic carbocycles. The van der Waals surface area contributed by atoms with Gasteiger partial charge in [0.15, 0.2) is 0 Å². The summed E-state index contributed by atoms with van der Waals surface area (Å²) in [5, 5.41) is 10.2. The van der Waals surface area contributed by atoms with Crippen molar-refractivity contribution in [1.29, 1.82) is 0 Å². The monoisotopic (exact) mass is 398 g/mol. The Balaban J connectivity index is 1.63. The fraction of sp³-hybridized carbons (Fsp3) is 0.130. The van der Waals surface area contributed by atoms with E-state index in [2.05, 4.69) is 70.2 Å². The fourth-order valence-electron chi connectivity index (χ4n) is 4.15. The Kier molecular flexibility index (Phi) is 3.61. The van der Waals surface area contributed by atoms with Crippen molar-refractivity contribution in [2.24, 2.45) is 0 Å². The van der Waals surface area contributed by atoms with Crippen molar-refractivity contribution in [1.82, 2.24) is 14.8 Å². The highest BCUT2D eigenvalue weighted by Crippen LogP contribution is 2.51. The van der Waals surface area contributed by atoms with Crippen LogP contribution in [-0.4, -0.2) is 14.8 Å². The molecule has 4 heterocycles. The fourth-order valence-corrected chi connectivity index (χ4v) is 4.98. The highest BCUT2D eigenvalue weighted by atomic mass is 32.1. The zero-order chi connectivity index (χ0) is 19.4. The van der Waals surface area contributed by atoms with Gasteiger partial charge in [0.2, 0.25) is 5.95 Å². The summed E-state index contributed by atoms with van der Waals surface area (Å²) >= 11 is 1.73. The minimum absolute atomic E-state index is 0.0663. The molecule has 142 valence electrons. The average Bonchev–Trinajstić information content (AvgIpc) is 3.44. The minimum atomic E-state index is -0.211. The SMILES string of the molecule is Cc1ccc([C@@H]2Oc3ccccc3C3=C2[C@@H](c2cccs2)n2ncnc2N3)cc1. The third-order valence-corrected chi connectivity index (χ3v) is 6.44. The second-order valence-corrected chi connectivity index (χ2v) is 8.29. The second kappa shape index (κ2) is 6.32. The molecule has 0 saturated heterocycles. The van der Waals surface area contributed by atoms with E-state index < -0.39 is 0 Å². The van der Waals surface area contributed by atoms with Crippen molar-refractivity contribution in [2.75, 3.05) is 5.32 Å². The van der Waals surface area contributed by atoms with Crippen LogP contribution < -0.4 is 10.1 Å². The average molecular weight is 398 g/mol. The molecule has 29 heavy (non-hydrogen) atoms. The molecule has 0 radical (unpaired) electrons. The summed E-state index contributed by atoms with van der Waals surface area (Å²) in [6, 6.07) is 20.9. The smallest absolute Gasteiger partial charge is 0.226 e. The molecule has 0 fully saturated rings. The molecule has 1 N–H and O–H groups in total. The first-order valence-corrected chi connectivity index (χ1v) is 10.4. The number of para-hydroxylation sites is 1. The van der Waals surface area contributed by atoms with Gasteiger partial charge in [-0.3, -0.25) is 0 Å². The Morgan fingerprint density at radius 1 is 1.03 bits per heavy atom. The van der Waals surface area contributed by atoms with Crippen LogP contribution in [0.4, 0.5) is 5.95 Å². The quantitative estimate of drug-likeness (QED) is 0.504. The highest BCUT2D eigenvalue weighted by molar-refractivity contribution is 7.10. The van der Waals surface area contributed by atoms with Crippen LogP contribution in [0.1, 0.15) is 33.7 Å². The van der Waals surface area contributed by atoms with E-state index in [1.807, 2.05) is 22.9 Å². The zero-order valence-corrected chi connectivity index (χ0v) is 16.6. The minimum Gasteiger partial charge on any atom is -0.480 e. The molecular weight excluding hydrogens is 380 g/mol. The molecule has 5 nitrogen and oxygen atoms in total. The summed E-state index contributed by atoms with van der Waals surface area (Å²) in [7, 11) is 0. The summed E-state index contributed by atoms with van der Waals surface area (Å²) in [4.78, 5) is 5.67. The van der Waals surface area contributed by atoms with Crippen molar-refractivity contribution in [2.45, 2.75) is 19.1 Å². The molecule has 2 aliphatic rings. The van der Waals surface area contributed by atoms with Gasteiger partial charge in [0, 0.05) is 16.0 Å². The van der Waals surface area contributed by atoms with Gasteiger partial charge in [0.05, 0.1) is 5.70 Å². The van der Waals surface area contributed by atoms with Crippen LogP contribution in [0.15, 0.2) is 77.9 Å². The molecule has 2 aromatic heterocycles. The number of benzene rings is 2. The maximum Gasteiger partial charge on any atom is 0.226 e. The molecule has 0 aliphatic carbocycles. The Hall–Kier alpha value is -3.38. The Morgan fingerprint density at radius 3 is 2.72 bits per heavy atom. The van der Waals surface area contributed by atoms with Gasteiger partial charge in [-0.15, -0.1) is 11.3 Å². The number of nitrogens with one attached hydrogen (secondary N) is 1. The van der Waals surface area contributed by atoms with Crippen LogP contribution in [0.3, 0.4) is 0 Å². The number of fused-ring (bicyclic) bond motifs is 3. The lowest BCUT2D eigenvalue weighted by atomic mass is 9.87. The van der Waals surface area contributed by atoms with E-state index >= 15 is 0 Å².